The van der Waals surface area contributed by atoms with Crippen LogP contribution in [0.25, 0.3) is 0 Å². The first-order valence-corrected chi connectivity index (χ1v) is 4.79. The number of hydrogen-bond donors (Lipinski definition) is 1. The number of hydrogen-bond acceptors (Lipinski definition) is 3. The van der Waals surface area contributed by atoms with Crippen molar-refractivity contribution in [3.63, 3.8) is 0 Å². The van der Waals surface area contributed by atoms with Gasteiger partial charge in [-0.2, -0.15) is 0 Å². The fraction of sp³-hybridized carbons (Fsp3) is 0.800. The third-order valence-electron chi connectivity index (χ3n) is 3.03. The van der Waals surface area contributed by atoms with Gasteiger partial charge >= 0.3 is 11.9 Å². The molecule has 14 heavy (non-hydrogen) atoms. The van der Waals surface area contributed by atoms with Gasteiger partial charge in [-0.25, -0.2) is 0 Å². The zero-order valence-electron chi connectivity index (χ0n) is 8.74. The molecule has 1 fully saturated rings. The highest BCUT2D eigenvalue weighted by molar-refractivity contribution is 5.75. The van der Waals surface area contributed by atoms with Crippen LogP contribution in [0.3, 0.4) is 0 Å². The molecular formula is C10H16O4. The number of rotatable bonds is 4. The largest absolute Gasteiger partial charge is 0.481 e. The Labute approximate surface area is 83.2 Å². The van der Waals surface area contributed by atoms with Crippen LogP contribution < -0.4 is 0 Å². The summed E-state index contributed by atoms with van der Waals surface area (Å²) in [7, 11) is 0. The molecule has 80 valence electrons. The maximum atomic E-state index is 10.9. The molecule has 0 spiro atoms. The lowest BCUT2D eigenvalue weighted by molar-refractivity contribution is -0.145. The average molecular weight is 200 g/mol. The van der Waals surface area contributed by atoms with Crippen LogP contribution in [-0.2, 0) is 14.3 Å². The summed E-state index contributed by atoms with van der Waals surface area (Å²) >= 11 is 0. The number of carboxylic acid groups (broad SMARTS) is 1. The maximum Gasteiger partial charge on any atom is 0.307 e. The topological polar surface area (TPSA) is 63.6 Å². The number of ether oxygens (including phenoxy) is 1. The van der Waals surface area contributed by atoms with Gasteiger partial charge in [0.05, 0.1) is 12.5 Å². The molecule has 0 aliphatic heterocycles. The van der Waals surface area contributed by atoms with Crippen LogP contribution in [0.2, 0.25) is 0 Å². The minimum atomic E-state index is -0.799. The second kappa shape index (κ2) is 3.59. The first-order chi connectivity index (χ1) is 6.41. The monoisotopic (exact) mass is 200 g/mol. The lowest BCUT2D eigenvalue weighted by Gasteiger charge is -2.03. The predicted octanol–water partition coefficient (Wildman–Crippen LogP) is 1.30. The molecule has 0 amide bonds. The Kier molecular flexibility index (Phi) is 2.83. The lowest BCUT2D eigenvalue weighted by atomic mass is 10.1. The van der Waals surface area contributed by atoms with Gasteiger partial charge < -0.3 is 9.84 Å². The molecule has 2 unspecified atom stereocenters. The molecule has 1 N–H and O–H groups in total. The van der Waals surface area contributed by atoms with Gasteiger partial charge in [0.25, 0.3) is 0 Å². The van der Waals surface area contributed by atoms with Gasteiger partial charge in [-0.3, -0.25) is 9.59 Å². The van der Waals surface area contributed by atoms with Crippen molar-refractivity contribution in [2.75, 3.05) is 6.61 Å². The molecule has 0 heterocycles. The number of carboxylic acids is 1. The van der Waals surface area contributed by atoms with E-state index in [1.165, 1.54) is 0 Å². The number of carbonyl (C=O) groups is 2. The molecule has 4 heteroatoms. The number of aliphatic carboxylic acids is 1. The van der Waals surface area contributed by atoms with E-state index >= 15 is 0 Å². The van der Waals surface area contributed by atoms with E-state index in [0.717, 1.165) is 0 Å². The van der Waals surface area contributed by atoms with E-state index in [9.17, 15) is 9.59 Å². The average Bonchev–Trinajstić information content (AvgIpc) is 2.64. The smallest absolute Gasteiger partial charge is 0.307 e. The molecule has 1 saturated carbocycles. The first-order valence-electron chi connectivity index (χ1n) is 4.79. The molecular weight excluding hydrogens is 184 g/mol. The third kappa shape index (κ3) is 1.89. The van der Waals surface area contributed by atoms with Crippen LogP contribution in [0.5, 0.6) is 0 Å². The summed E-state index contributed by atoms with van der Waals surface area (Å²) in [4.78, 5) is 21.6. The molecule has 1 aliphatic rings. The highest BCUT2D eigenvalue weighted by Gasteiger charge is 2.62. The second-order valence-electron chi connectivity index (χ2n) is 4.28. The first kappa shape index (κ1) is 11.0. The molecule has 4 nitrogen and oxygen atoms in total. The Morgan fingerprint density at radius 1 is 1.43 bits per heavy atom. The zero-order chi connectivity index (χ0) is 10.9. The molecule has 0 aromatic rings. The van der Waals surface area contributed by atoms with Gasteiger partial charge in [-0.15, -0.1) is 0 Å². The van der Waals surface area contributed by atoms with Crippen molar-refractivity contribution in [3.05, 3.63) is 0 Å². The normalized spacial score (nSPS) is 28.2. The Morgan fingerprint density at radius 2 is 2.00 bits per heavy atom. The van der Waals surface area contributed by atoms with Crippen molar-refractivity contribution >= 4 is 11.9 Å². The molecule has 0 bridgehead atoms. The second-order valence-corrected chi connectivity index (χ2v) is 4.28. The Morgan fingerprint density at radius 3 is 2.36 bits per heavy atom. The van der Waals surface area contributed by atoms with Crippen molar-refractivity contribution in [2.45, 2.75) is 27.2 Å². The van der Waals surface area contributed by atoms with Crippen LogP contribution in [-0.4, -0.2) is 23.7 Å². The fourth-order valence-electron chi connectivity index (χ4n) is 1.83. The van der Waals surface area contributed by atoms with Gasteiger partial charge in [0, 0.05) is 12.3 Å². The van der Waals surface area contributed by atoms with E-state index in [-0.39, 0.29) is 29.8 Å². The Hall–Kier alpha value is -1.06. The Balaban J connectivity index is 2.41. The summed E-state index contributed by atoms with van der Waals surface area (Å²) in [5.41, 5.74) is -0.236. The minimum absolute atomic E-state index is 0.0319. The van der Waals surface area contributed by atoms with Gasteiger partial charge in [0.1, 0.15) is 0 Å². The van der Waals surface area contributed by atoms with Crippen molar-refractivity contribution in [3.8, 4) is 0 Å². The highest BCUT2D eigenvalue weighted by Crippen LogP contribution is 2.58. The SMILES string of the molecule is CCC(=O)OCC1C(C(=O)O)C1(C)C. The molecule has 2 atom stereocenters. The quantitative estimate of drug-likeness (QED) is 0.695. The van der Waals surface area contributed by atoms with Crippen LogP contribution in [0.15, 0.2) is 0 Å². The van der Waals surface area contributed by atoms with E-state index in [1.54, 1.807) is 6.92 Å². The summed E-state index contributed by atoms with van der Waals surface area (Å²) in [5.74, 6) is -1.47. The molecule has 1 aliphatic carbocycles. The fourth-order valence-corrected chi connectivity index (χ4v) is 1.83. The van der Waals surface area contributed by atoms with Crippen LogP contribution in [0, 0.1) is 17.3 Å². The van der Waals surface area contributed by atoms with Gasteiger partial charge in [0.2, 0.25) is 0 Å². The van der Waals surface area contributed by atoms with Crippen molar-refractivity contribution in [1.82, 2.24) is 0 Å². The van der Waals surface area contributed by atoms with Crippen LogP contribution in [0.4, 0.5) is 0 Å². The molecule has 0 radical (unpaired) electrons. The summed E-state index contributed by atoms with van der Waals surface area (Å²) in [6, 6.07) is 0. The molecule has 0 aromatic heterocycles. The minimum Gasteiger partial charge on any atom is -0.481 e. The number of esters is 1. The van der Waals surface area contributed by atoms with Crippen LogP contribution >= 0.6 is 0 Å². The van der Waals surface area contributed by atoms with Gasteiger partial charge in [0.15, 0.2) is 0 Å². The molecule has 0 aromatic carbocycles. The van der Waals surface area contributed by atoms with E-state index in [1.807, 2.05) is 13.8 Å². The maximum absolute atomic E-state index is 10.9. The van der Waals surface area contributed by atoms with E-state index in [4.69, 9.17) is 9.84 Å². The molecule has 1 rings (SSSR count). The predicted molar refractivity (Wildman–Crippen MR) is 49.6 cm³/mol. The Bertz CT molecular complexity index is 257. The van der Waals surface area contributed by atoms with E-state index in [0.29, 0.717) is 6.42 Å². The third-order valence-corrected chi connectivity index (χ3v) is 3.03. The van der Waals surface area contributed by atoms with Crippen molar-refractivity contribution in [1.29, 1.82) is 0 Å². The van der Waals surface area contributed by atoms with Gasteiger partial charge in [-0.05, 0) is 5.41 Å². The summed E-state index contributed by atoms with van der Waals surface area (Å²) in [6.45, 7) is 5.72. The summed E-state index contributed by atoms with van der Waals surface area (Å²) in [6.07, 6.45) is 0.338. The standard InChI is InChI=1S/C10H16O4/c1-4-7(11)14-5-6-8(9(12)13)10(6,2)3/h6,8H,4-5H2,1-3H3,(H,12,13). The van der Waals surface area contributed by atoms with Crippen molar-refractivity contribution in [2.24, 2.45) is 17.3 Å². The van der Waals surface area contributed by atoms with Crippen LogP contribution in [0.1, 0.15) is 27.2 Å². The number of carbonyl (C=O) groups excluding carboxylic acids is 1. The van der Waals surface area contributed by atoms with E-state index < -0.39 is 5.97 Å². The van der Waals surface area contributed by atoms with Gasteiger partial charge in [-0.1, -0.05) is 20.8 Å². The summed E-state index contributed by atoms with van der Waals surface area (Å²) < 4.78 is 4.93. The summed E-state index contributed by atoms with van der Waals surface area (Å²) in [5, 5.41) is 8.84. The lowest BCUT2D eigenvalue weighted by Crippen LogP contribution is -2.08. The van der Waals surface area contributed by atoms with E-state index in [2.05, 4.69) is 0 Å². The van der Waals surface area contributed by atoms with Crippen molar-refractivity contribution < 1.29 is 19.4 Å². The molecule has 0 saturated heterocycles. The highest BCUT2D eigenvalue weighted by atomic mass is 16.5. The zero-order valence-corrected chi connectivity index (χ0v) is 8.74.